The molecular weight excluding hydrogens is 397 g/mol. The summed E-state index contributed by atoms with van der Waals surface area (Å²) in [4.78, 5) is 4.40. The molecule has 1 aliphatic carbocycles. The maximum Gasteiger partial charge on any atom is 0.460 e. The Morgan fingerprint density at radius 1 is 1.31 bits per heavy atom. The largest absolute Gasteiger partial charge is 0.460 e. The zero-order chi connectivity index (χ0) is 19.1. The predicted octanol–water partition coefficient (Wildman–Crippen LogP) is 4.21. The molecule has 11 heteroatoms. The molecule has 2 aromatic rings. The van der Waals surface area contributed by atoms with Gasteiger partial charge in [0.25, 0.3) is 0 Å². The van der Waals surface area contributed by atoms with Crippen LogP contribution >= 0.6 is 11.3 Å². The number of fused-ring (bicyclic) bond motifs is 1. The molecule has 0 saturated heterocycles. The van der Waals surface area contributed by atoms with Crippen LogP contribution in [0.5, 0.6) is 0 Å². The van der Waals surface area contributed by atoms with Gasteiger partial charge in [-0.05, 0) is 18.2 Å². The third kappa shape index (κ3) is 3.17. The minimum absolute atomic E-state index is 0.126. The van der Waals surface area contributed by atoms with Crippen LogP contribution in [0.1, 0.15) is 17.6 Å². The Labute approximate surface area is 150 Å². The number of aromatic nitrogens is 3. The molecule has 0 spiro atoms. The quantitative estimate of drug-likeness (QED) is 0.564. The molecule has 3 rings (SSSR count). The molecule has 26 heavy (non-hydrogen) atoms. The van der Waals surface area contributed by atoms with Crippen LogP contribution in [0.4, 0.5) is 22.0 Å². The van der Waals surface area contributed by atoms with E-state index in [1.165, 1.54) is 12.3 Å². The van der Waals surface area contributed by atoms with E-state index in [-0.39, 0.29) is 22.0 Å². The maximum atomic E-state index is 13.4. The molecule has 4 nitrogen and oxygen atoms in total. The van der Waals surface area contributed by atoms with Crippen molar-refractivity contribution in [3.05, 3.63) is 51.8 Å². The van der Waals surface area contributed by atoms with E-state index in [0.29, 0.717) is 16.2 Å². The fraction of sp³-hybridized carbons (Fsp3) is 0.267. The Morgan fingerprint density at radius 3 is 2.65 bits per heavy atom. The number of allylic oxidation sites excluding steroid dienone is 4. The number of halogens is 5. The monoisotopic (exact) mass is 407 g/mol. The van der Waals surface area contributed by atoms with Crippen molar-refractivity contribution in [1.29, 1.82) is 0 Å². The van der Waals surface area contributed by atoms with Crippen LogP contribution in [0.3, 0.4) is 0 Å². The van der Waals surface area contributed by atoms with E-state index in [1.807, 2.05) is 0 Å². The van der Waals surface area contributed by atoms with Crippen LogP contribution in [0.2, 0.25) is 0 Å². The van der Waals surface area contributed by atoms with Crippen molar-refractivity contribution in [3.8, 4) is 0 Å². The van der Waals surface area contributed by atoms with Gasteiger partial charge < -0.3 is 0 Å². The first-order valence-electron chi connectivity index (χ1n) is 7.18. The molecule has 0 bridgehead atoms. The van der Waals surface area contributed by atoms with E-state index in [0.717, 1.165) is 4.52 Å². The Morgan fingerprint density at radius 2 is 2.04 bits per heavy atom. The fourth-order valence-electron chi connectivity index (χ4n) is 2.12. The Kier molecular flexibility index (Phi) is 4.72. The van der Waals surface area contributed by atoms with E-state index in [9.17, 15) is 26.2 Å². The molecule has 0 N–H and O–H groups in total. The smallest absolute Gasteiger partial charge is 0.254 e. The molecule has 1 atom stereocenters. The molecular formula is C15H10F5N3OS2. The normalized spacial score (nSPS) is 16.5. The van der Waals surface area contributed by atoms with Crippen molar-refractivity contribution < 1.29 is 26.2 Å². The molecule has 1 aliphatic rings. The highest BCUT2D eigenvalue weighted by atomic mass is 32.2. The molecule has 0 fully saturated rings. The number of rotatable bonds is 4. The van der Waals surface area contributed by atoms with Crippen molar-refractivity contribution in [2.75, 3.05) is 5.75 Å². The summed E-state index contributed by atoms with van der Waals surface area (Å²) in [5, 5.41) is 1.94. The lowest BCUT2D eigenvalue weighted by molar-refractivity contribution is -0.289. The van der Waals surface area contributed by atoms with Gasteiger partial charge in [0.2, 0.25) is 4.96 Å². The Hall–Kier alpha value is -2.10. The lowest BCUT2D eigenvalue weighted by Crippen LogP contribution is -2.33. The van der Waals surface area contributed by atoms with Crippen molar-refractivity contribution in [2.24, 2.45) is 0 Å². The minimum atomic E-state index is -5.74. The van der Waals surface area contributed by atoms with Crippen molar-refractivity contribution in [1.82, 2.24) is 14.6 Å². The van der Waals surface area contributed by atoms with E-state index in [2.05, 4.69) is 15.8 Å². The third-order valence-corrected chi connectivity index (χ3v) is 5.75. The standard InChI is InChI=1S/C15H10F5N3OS2/c1-2-26(24)11-7-5-3-4-6-9(11)10-8-23-13(21-10)25-12(22-23)14(16,17)15(18,19)20/h3,5-8H,2H2,1H3. The van der Waals surface area contributed by atoms with Crippen LogP contribution in [0, 0.1) is 0 Å². The third-order valence-electron chi connectivity index (χ3n) is 3.38. The number of hydrogen-bond acceptors (Lipinski definition) is 4. The summed E-state index contributed by atoms with van der Waals surface area (Å²) in [7, 11) is -1.33. The highest BCUT2D eigenvalue weighted by Gasteiger charge is 2.61. The number of imidazole rings is 1. The highest BCUT2D eigenvalue weighted by molar-refractivity contribution is 7.89. The van der Waals surface area contributed by atoms with Gasteiger partial charge in [-0.3, -0.25) is 4.21 Å². The van der Waals surface area contributed by atoms with Gasteiger partial charge in [0, 0.05) is 16.2 Å². The molecule has 2 aromatic heterocycles. The Balaban J connectivity index is 2.09. The molecule has 1 unspecified atom stereocenters. The average Bonchev–Trinajstić information content (AvgIpc) is 3.03. The van der Waals surface area contributed by atoms with Crippen molar-refractivity contribution in [3.63, 3.8) is 0 Å². The first-order chi connectivity index (χ1) is 12.1. The van der Waals surface area contributed by atoms with Crippen LogP contribution in [0.15, 0.2) is 41.1 Å². The van der Waals surface area contributed by atoms with Gasteiger partial charge in [-0.1, -0.05) is 24.3 Å². The van der Waals surface area contributed by atoms with Gasteiger partial charge in [0.05, 0.1) is 22.7 Å². The molecule has 138 valence electrons. The summed E-state index contributed by atoms with van der Waals surface area (Å²) in [6, 6.07) is 0. The molecule has 0 saturated carbocycles. The minimum Gasteiger partial charge on any atom is -0.254 e. The SMILES string of the molecule is CCS(=O)C1=C(c2cn3nc(C(F)(F)C(F)(F)F)sc3n2)C=C=CC=C1. The van der Waals surface area contributed by atoms with Gasteiger partial charge in [-0.2, -0.15) is 27.1 Å². The first-order valence-corrected chi connectivity index (χ1v) is 9.32. The predicted molar refractivity (Wildman–Crippen MR) is 88.2 cm³/mol. The second kappa shape index (κ2) is 6.57. The van der Waals surface area contributed by atoms with Crippen LogP contribution in [-0.2, 0) is 16.7 Å². The number of hydrogen-bond donors (Lipinski definition) is 0. The summed E-state index contributed by atoms with van der Waals surface area (Å²) in [6.07, 6.45) is 1.88. The van der Waals surface area contributed by atoms with Crippen LogP contribution < -0.4 is 0 Å². The summed E-state index contributed by atoms with van der Waals surface area (Å²) in [5.41, 5.74) is 3.53. The van der Waals surface area contributed by atoms with Crippen molar-refractivity contribution in [2.45, 2.75) is 19.0 Å². The Bertz CT molecular complexity index is 975. The van der Waals surface area contributed by atoms with E-state index < -0.39 is 27.9 Å². The zero-order valence-electron chi connectivity index (χ0n) is 13.1. The summed E-state index contributed by atoms with van der Waals surface area (Å²) >= 11 is 0.149. The number of nitrogens with zero attached hydrogens (tertiary/aromatic N) is 3. The van der Waals surface area contributed by atoms with Crippen LogP contribution in [-0.4, -0.2) is 30.7 Å². The van der Waals surface area contributed by atoms with Gasteiger partial charge in [0.1, 0.15) is 0 Å². The second-order valence-electron chi connectivity index (χ2n) is 5.08. The summed E-state index contributed by atoms with van der Waals surface area (Å²) in [5.74, 6) is -4.71. The fourth-order valence-corrected chi connectivity index (χ4v) is 3.94. The zero-order valence-corrected chi connectivity index (χ0v) is 14.7. The topological polar surface area (TPSA) is 47.3 Å². The van der Waals surface area contributed by atoms with Gasteiger partial charge in [-0.15, -0.1) is 5.73 Å². The molecule has 0 amide bonds. The highest BCUT2D eigenvalue weighted by Crippen LogP contribution is 2.45. The molecule has 0 aromatic carbocycles. The second-order valence-corrected chi connectivity index (χ2v) is 7.75. The lowest BCUT2D eigenvalue weighted by atomic mass is 10.2. The van der Waals surface area contributed by atoms with E-state index in [4.69, 9.17) is 0 Å². The van der Waals surface area contributed by atoms with Crippen molar-refractivity contribution >= 4 is 32.7 Å². The van der Waals surface area contributed by atoms with E-state index in [1.54, 1.807) is 25.2 Å². The van der Waals surface area contributed by atoms with Gasteiger partial charge in [-0.25, -0.2) is 9.50 Å². The maximum absolute atomic E-state index is 13.4. The van der Waals surface area contributed by atoms with E-state index >= 15 is 0 Å². The first kappa shape index (κ1) is 18.7. The summed E-state index contributed by atoms with van der Waals surface area (Å²) < 4.78 is 77.3. The van der Waals surface area contributed by atoms with Crippen LogP contribution in [0.25, 0.3) is 10.5 Å². The average molecular weight is 407 g/mol. The molecule has 0 radical (unpaired) electrons. The molecule has 0 aliphatic heterocycles. The lowest BCUT2D eigenvalue weighted by Gasteiger charge is -2.15. The van der Waals surface area contributed by atoms with Gasteiger partial charge >= 0.3 is 12.1 Å². The van der Waals surface area contributed by atoms with Gasteiger partial charge in [0.15, 0.2) is 5.01 Å². The number of alkyl halides is 5. The summed E-state index contributed by atoms with van der Waals surface area (Å²) in [6.45, 7) is 1.73. The molecule has 2 heterocycles.